The molecular weight excluding hydrogens is 276 g/mol. The van der Waals surface area contributed by atoms with Crippen molar-refractivity contribution >= 4 is 11.7 Å². The molecule has 1 aromatic carbocycles. The van der Waals surface area contributed by atoms with Gasteiger partial charge in [-0.25, -0.2) is 4.98 Å². The van der Waals surface area contributed by atoms with Gasteiger partial charge in [0.2, 0.25) is 0 Å². The topological polar surface area (TPSA) is 70.7 Å². The predicted molar refractivity (Wildman–Crippen MR) is 85.8 cm³/mol. The van der Waals surface area contributed by atoms with E-state index in [0.717, 1.165) is 5.56 Å². The van der Waals surface area contributed by atoms with E-state index in [-0.39, 0.29) is 11.3 Å². The van der Waals surface area contributed by atoms with E-state index in [1.165, 1.54) is 0 Å². The van der Waals surface area contributed by atoms with E-state index in [2.05, 4.69) is 37.1 Å². The first-order chi connectivity index (χ1) is 10.2. The van der Waals surface area contributed by atoms with Crippen molar-refractivity contribution in [3.8, 4) is 6.07 Å². The van der Waals surface area contributed by atoms with Crippen molar-refractivity contribution in [2.24, 2.45) is 7.05 Å². The highest BCUT2D eigenvalue weighted by Gasteiger charge is 2.17. The van der Waals surface area contributed by atoms with Crippen LogP contribution in [0.3, 0.4) is 0 Å². The lowest BCUT2D eigenvalue weighted by atomic mass is 9.87. The van der Waals surface area contributed by atoms with Gasteiger partial charge in [-0.1, -0.05) is 32.9 Å². The minimum Gasteiger partial charge on any atom is -0.321 e. The van der Waals surface area contributed by atoms with Crippen molar-refractivity contribution in [2.45, 2.75) is 33.1 Å². The maximum absolute atomic E-state index is 12.3. The molecule has 0 atom stereocenters. The number of hydrogen-bond donors (Lipinski definition) is 1. The van der Waals surface area contributed by atoms with Gasteiger partial charge in [-0.3, -0.25) is 4.79 Å². The average Bonchev–Trinajstić information content (AvgIpc) is 2.72. The van der Waals surface area contributed by atoms with Crippen molar-refractivity contribution in [1.29, 1.82) is 5.26 Å². The van der Waals surface area contributed by atoms with E-state index in [0.29, 0.717) is 22.9 Å². The number of nitrogens with zero attached hydrogens (tertiary/aromatic N) is 3. The van der Waals surface area contributed by atoms with Crippen LogP contribution in [-0.2, 0) is 12.5 Å². The second-order valence-electron chi connectivity index (χ2n) is 6.31. The number of rotatable bonds is 2. The molecule has 5 heteroatoms. The van der Waals surface area contributed by atoms with Crippen LogP contribution in [0.5, 0.6) is 0 Å². The molecule has 1 amide bonds. The molecule has 0 saturated heterocycles. The SMILES string of the molecule is Cc1nc(NC(=O)c2ccc(C(C)(C)C)cc2)c(C#N)n1C. The summed E-state index contributed by atoms with van der Waals surface area (Å²) >= 11 is 0. The molecule has 1 heterocycles. The summed E-state index contributed by atoms with van der Waals surface area (Å²) in [6, 6.07) is 9.53. The summed E-state index contributed by atoms with van der Waals surface area (Å²) in [7, 11) is 1.74. The number of carbonyl (C=O) groups is 1. The number of nitrogens with one attached hydrogen (secondary N) is 1. The molecule has 1 aromatic heterocycles. The summed E-state index contributed by atoms with van der Waals surface area (Å²) in [4.78, 5) is 16.5. The zero-order chi connectivity index (χ0) is 16.5. The molecule has 0 fully saturated rings. The smallest absolute Gasteiger partial charge is 0.256 e. The Balaban J connectivity index is 2.23. The molecular formula is C17H20N4O. The molecule has 0 saturated carbocycles. The molecule has 0 aliphatic heterocycles. The number of aryl methyl sites for hydroxylation is 1. The molecule has 0 bridgehead atoms. The number of imidazole rings is 1. The predicted octanol–water partition coefficient (Wildman–Crippen LogP) is 3.15. The summed E-state index contributed by atoms with van der Waals surface area (Å²) in [6.45, 7) is 8.16. The van der Waals surface area contributed by atoms with Crippen LogP contribution in [0.2, 0.25) is 0 Å². The Morgan fingerprint density at radius 3 is 2.36 bits per heavy atom. The quantitative estimate of drug-likeness (QED) is 0.925. The van der Waals surface area contributed by atoms with Gasteiger partial charge < -0.3 is 9.88 Å². The molecule has 0 unspecified atom stereocenters. The number of benzene rings is 1. The zero-order valence-electron chi connectivity index (χ0n) is 13.6. The fraction of sp³-hybridized carbons (Fsp3) is 0.353. The zero-order valence-corrected chi connectivity index (χ0v) is 13.6. The molecule has 2 aromatic rings. The first-order valence-corrected chi connectivity index (χ1v) is 7.09. The summed E-state index contributed by atoms with van der Waals surface area (Å²) < 4.78 is 1.65. The number of carbonyl (C=O) groups excluding carboxylic acids is 1. The molecule has 5 nitrogen and oxygen atoms in total. The van der Waals surface area contributed by atoms with E-state index in [1.807, 2.05) is 12.1 Å². The standard InChI is InChI=1S/C17H20N4O/c1-11-19-15(14(10-18)21(11)5)20-16(22)12-6-8-13(9-7-12)17(2,3)4/h6-9H,1-5H3,(H,20,22). The van der Waals surface area contributed by atoms with Crippen LogP contribution in [0.25, 0.3) is 0 Å². The van der Waals surface area contributed by atoms with Gasteiger partial charge in [-0.15, -0.1) is 0 Å². The van der Waals surface area contributed by atoms with Gasteiger partial charge in [0.05, 0.1) is 0 Å². The molecule has 0 aliphatic carbocycles. The van der Waals surface area contributed by atoms with E-state index >= 15 is 0 Å². The molecule has 2 rings (SSSR count). The van der Waals surface area contributed by atoms with E-state index < -0.39 is 0 Å². The van der Waals surface area contributed by atoms with Gasteiger partial charge in [0, 0.05) is 12.6 Å². The Bertz CT molecular complexity index is 743. The first kappa shape index (κ1) is 15.8. The van der Waals surface area contributed by atoms with Gasteiger partial charge in [-0.05, 0) is 30.0 Å². The maximum atomic E-state index is 12.3. The van der Waals surface area contributed by atoms with Crippen LogP contribution >= 0.6 is 0 Å². The lowest BCUT2D eigenvalue weighted by molar-refractivity contribution is 0.102. The fourth-order valence-corrected chi connectivity index (χ4v) is 2.13. The summed E-state index contributed by atoms with van der Waals surface area (Å²) in [6.07, 6.45) is 0. The third-order valence-electron chi connectivity index (χ3n) is 3.67. The van der Waals surface area contributed by atoms with Crippen LogP contribution in [0, 0.1) is 18.3 Å². The van der Waals surface area contributed by atoms with Gasteiger partial charge in [0.25, 0.3) is 5.91 Å². The van der Waals surface area contributed by atoms with E-state index in [9.17, 15) is 4.79 Å². The molecule has 0 radical (unpaired) electrons. The van der Waals surface area contributed by atoms with Gasteiger partial charge in [-0.2, -0.15) is 5.26 Å². The largest absolute Gasteiger partial charge is 0.321 e. The Morgan fingerprint density at radius 1 is 1.27 bits per heavy atom. The van der Waals surface area contributed by atoms with Crippen molar-refractivity contribution in [1.82, 2.24) is 9.55 Å². The van der Waals surface area contributed by atoms with Crippen molar-refractivity contribution in [3.63, 3.8) is 0 Å². The van der Waals surface area contributed by atoms with Gasteiger partial charge in [0.15, 0.2) is 11.5 Å². The molecule has 1 N–H and O–H groups in total. The molecule has 22 heavy (non-hydrogen) atoms. The first-order valence-electron chi connectivity index (χ1n) is 7.09. The van der Waals surface area contributed by atoms with Crippen LogP contribution in [-0.4, -0.2) is 15.5 Å². The minimum atomic E-state index is -0.268. The highest BCUT2D eigenvalue weighted by atomic mass is 16.1. The van der Waals surface area contributed by atoms with Crippen LogP contribution < -0.4 is 5.32 Å². The van der Waals surface area contributed by atoms with Crippen LogP contribution in [0.4, 0.5) is 5.82 Å². The molecule has 0 aliphatic rings. The monoisotopic (exact) mass is 296 g/mol. The van der Waals surface area contributed by atoms with Gasteiger partial charge >= 0.3 is 0 Å². The lowest BCUT2D eigenvalue weighted by Gasteiger charge is -2.18. The Kier molecular flexibility index (Phi) is 4.05. The molecule has 114 valence electrons. The lowest BCUT2D eigenvalue weighted by Crippen LogP contribution is -2.15. The van der Waals surface area contributed by atoms with Gasteiger partial charge in [0.1, 0.15) is 11.9 Å². The highest BCUT2D eigenvalue weighted by molar-refractivity contribution is 6.04. The van der Waals surface area contributed by atoms with Crippen LogP contribution in [0.1, 0.15) is 48.2 Å². The maximum Gasteiger partial charge on any atom is 0.256 e. The van der Waals surface area contributed by atoms with Crippen molar-refractivity contribution < 1.29 is 4.79 Å². The minimum absolute atomic E-state index is 0.0427. The average molecular weight is 296 g/mol. The molecule has 0 spiro atoms. The Hall–Kier alpha value is -2.61. The van der Waals surface area contributed by atoms with Crippen molar-refractivity contribution in [3.05, 3.63) is 46.9 Å². The van der Waals surface area contributed by atoms with Crippen molar-refractivity contribution in [2.75, 3.05) is 5.32 Å². The third kappa shape index (κ3) is 3.01. The van der Waals surface area contributed by atoms with Crippen LogP contribution in [0.15, 0.2) is 24.3 Å². The van der Waals surface area contributed by atoms with E-state index in [1.54, 1.807) is 30.7 Å². The summed E-state index contributed by atoms with van der Waals surface area (Å²) in [5.74, 6) is 0.706. The normalized spacial score (nSPS) is 11.1. The third-order valence-corrected chi connectivity index (χ3v) is 3.67. The number of nitriles is 1. The second kappa shape index (κ2) is 5.64. The fourth-order valence-electron chi connectivity index (χ4n) is 2.13. The Morgan fingerprint density at radius 2 is 1.86 bits per heavy atom. The number of aromatic nitrogens is 2. The summed E-state index contributed by atoms with van der Waals surface area (Å²) in [5, 5.41) is 11.9. The summed E-state index contributed by atoms with van der Waals surface area (Å²) in [5.41, 5.74) is 2.09. The second-order valence-corrected chi connectivity index (χ2v) is 6.31. The highest BCUT2D eigenvalue weighted by Crippen LogP contribution is 2.22. The van der Waals surface area contributed by atoms with E-state index in [4.69, 9.17) is 5.26 Å². The number of hydrogen-bond acceptors (Lipinski definition) is 3. The Labute approximate surface area is 130 Å². The number of amides is 1. The number of anilines is 1.